The summed E-state index contributed by atoms with van der Waals surface area (Å²) in [6.07, 6.45) is 4.79. The van der Waals surface area contributed by atoms with Crippen molar-refractivity contribution in [2.45, 2.75) is 32.5 Å². The second-order valence-corrected chi connectivity index (χ2v) is 5.16. The average Bonchev–Trinajstić information content (AvgIpc) is 2.89. The van der Waals surface area contributed by atoms with Crippen LogP contribution in [0.4, 0.5) is 0 Å². The first-order valence-electron chi connectivity index (χ1n) is 6.84. The lowest BCUT2D eigenvalue weighted by molar-refractivity contribution is 0.269. The molecule has 4 nitrogen and oxygen atoms in total. The molecule has 0 amide bonds. The maximum Gasteiger partial charge on any atom is 0.0640 e. The van der Waals surface area contributed by atoms with Gasteiger partial charge in [-0.05, 0) is 24.1 Å². The molecule has 0 fully saturated rings. The first-order chi connectivity index (χ1) is 9.72. The number of aromatic nitrogens is 2. The van der Waals surface area contributed by atoms with E-state index >= 15 is 0 Å². The monoisotopic (exact) mass is 293 g/mol. The minimum atomic E-state index is 0.108. The fourth-order valence-electron chi connectivity index (χ4n) is 2.16. The molecular weight excluding hydrogens is 274 g/mol. The zero-order valence-corrected chi connectivity index (χ0v) is 12.3. The van der Waals surface area contributed by atoms with Crippen LogP contribution in [-0.4, -0.2) is 21.5 Å². The Morgan fingerprint density at radius 2 is 2.10 bits per heavy atom. The van der Waals surface area contributed by atoms with Crippen molar-refractivity contribution in [3.63, 3.8) is 0 Å². The number of nitrogens with one attached hydrogen (secondary N) is 1. The zero-order valence-electron chi connectivity index (χ0n) is 11.6. The highest BCUT2D eigenvalue weighted by Crippen LogP contribution is 2.19. The molecule has 1 atom stereocenters. The van der Waals surface area contributed by atoms with Crippen LogP contribution in [0.2, 0.25) is 5.02 Å². The SMILES string of the molecule is CCC(NCc1cnn(CCO)c1)c1ccc(Cl)cc1. The largest absolute Gasteiger partial charge is 0.394 e. The molecule has 5 heteroatoms. The van der Waals surface area contributed by atoms with Crippen LogP contribution in [0.25, 0.3) is 0 Å². The molecule has 0 aliphatic rings. The van der Waals surface area contributed by atoms with E-state index < -0.39 is 0 Å². The number of halogens is 1. The van der Waals surface area contributed by atoms with Crippen LogP contribution >= 0.6 is 11.6 Å². The molecule has 2 rings (SSSR count). The number of benzene rings is 1. The van der Waals surface area contributed by atoms with Crippen LogP contribution in [-0.2, 0) is 13.1 Å². The fraction of sp³-hybridized carbons (Fsp3) is 0.400. The fourth-order valence-corrected chi connectivity index (χ4v) is 2.28. The van der Waals surface area contributed by atoms with Gasteiger partial charge in [0.15, 0.2) is 0 Å². The number of aliphatic hydroxyl groups excluding tert-OH is 1. The maximum atomic E-state index is 8.87. The molecule has 1 heterocycles. The highest BCUT2D eigenvalue weighted by molar-refractivity contribution is 6.30. The van der Waals surface area contributed by atoms with Crippen molar-refractivity contribution in [2.24, 2.45) is 0 Å². The van der Waals surface area contributed by atoms with E-state index in [2.05, 4.69) is 29.5 Å². The maximum absolute atomic E-state index is 8.87. The Labute approximate surface area is 124 Å². The summed E-state index contributed by atoms with van der Waals surface area (Å²) in [5, 5.41) is 17.3. The van der Waals surface area contributed by atoms with E-state index in [1.165, 1.54) is 5.56 Å². The lowest BCUT2D eigenvalue weighted by Gasteiger charge is -2.17. The van der Waals surface area contributed by atoms with Gasteiger partial charge >= 0.3 is 0 Å². The third-order valence-electron chi connectivity index (χ3n) is 3.25. The highest BCUT2D eigenvalue weighted by atomic mass is 35.5. The molecule has 108 valence electrons. The van der Waals surface area contributed by atoms with Crippen LogP contribution in [0.15, 0.2) is 36.7 Å². The van der Waals surface area contributed by atoms with Crippen LogP contribution in [0, 0.1) is 0 Å². The topological polar surface area (TPSA) is 50.1 Å². The smallest absolute Gasteiger partial charge is 0.0640 e. The van der Waals surface area contributed by atoms with Crippen molar-refractivity contribution in [2.75, 3.05) is 6.61 Å². The molecule has 1 unspecified atom stereocenters. The molecule has 2 aromatic rings. The average molecular weight is 294 g/mol. The van der Waals surface area contributed by atoms with E-state index in [9.17, 15) is 0 Å². The van der Waals surface area contributed by atoms with Crippen LogP contribution in [0.3, 0.4) is 0 Å². The van der Waals surface area contributed by atoms with Crippen molar-refractivity contribution in [3.05, 3.63) is 52.8 Å². The van der Waals surface area contributed by atoms with Gasteiger partial charge in [-0.3, -0.25) is 4.68 Å². The summed E-state index contributed by atoms with van der Waals surface area (Å²) >= 11 is 5.91. The van der Waals surface area contributed by atoms with Gasteiger partial charge in [-0.1, -0.05) is 30.7 Å². The molecule has 0 aliphatic carbocycles. The molecule has 1 aromatic heterocycles. The molecule has 0 spiro atoms. The van der Waals surface area contributed by atoms with Crippen LogP contribution in [0.1, 0.15) is 30.5 Å². The Morgan fingerprint density at radius 3 is 2.75 bits per heavy atom. The summed E-state index contributed by atoms with van der Waals surface area (Å²) in [5.41, 5.74) is 2.35. The minimum Gasteiger partial charge on any atom is -0.394 e. The summed E-state index contributed by atoms with van der Waals surface area (Å²) in [4.78, 5) is 0. The first-order valence-corrected chi connectivity index (χ1v) is 7.21. The summed E-state index contributed by atoms with van der Waals surface area (Å²) in [6.45, 7) is 3.55. The molecule has 2 N–H and O–H groups in total. The first kappa shape index (κ1) is 15.0. The predicted molar refractivity (Wildman–Crippen MR) is 80.6 cm³/mol. The summed E-state index contributed by atoms with van der Waals surface area (Å²) in [5.74, 6) is 0. The number of aliphatic hydroxyl groups is 1. The zero-order chi connectivity index (χ0) is 14.4. The van der Waals surface area contributed by atoms with Gasteiger partial charge < -0.3 is 10.4 Å². The van der Waals surface area contributed by atoms with E-state index in [-0.39, 0.29) is 6.61 Å². The van der Waals surface area contributed by atoms with Crippen molar-refractivity contribution in [3.8, 4) is 0 Å². The Hall–Kier alpha value is -1.36. The van der Waals surface area contributed by atoms with Gasteiger partial charge in [-0.25, -0.2) is 0 Å². The van der Waals surface area contributed by atoms with Gasteiger partial charge in [0.05, 0.1) is 19.3 Å². The molecule has 0 bridgehead atoms. The van der Waals surface area contributed by atoms with E-state index in [1.807, 2.05) is 24.5 Å². The second-order valence-electron chi connectivity index (χ2n) is 4.73. The molecule has 1 aromatic carbocycles. The van der Waals surface area contributed by atoms with Crippen molar-refractivity contribution in [1.82, 2.24) is 15.1 Å². The van der Waals surface area contributed by atoms with Crippen molar-refractivity contribution in [1.29, 1.82) is 0 Å². The number of nitrogens with zero attached hydrogens (tertiary/aromatic N) is 2. The predicted octanol–water partition coefficient (Wildman–Crippen LogP) is 2.77. The molecule has 0 aliphatic heterocycles. The lowest BCUT2D eigenvalue weighted by Crippen LogP contribution is -2.20. The van der Waals surface area contributed by atoms with Crippen LogP contribution in [0.5, 0.6) is 0 Å². The van der Waals surface area contributed by atoms with Gasteiger partial charge in [-0.15, -0.1) is 0 Å². The normalized spacial score (nSPS) is 12.6. The van der Waals surface area contributed by atoms with Gasteiger partial charge in [0.25, 0.3) is 0 Å². The third-order valence-corrected chi connectivity index (χ3v) is 3.50. The van der Waals surface area contributed by atoms with E-state index in [0.717, 1.165) is 23.6 Å². The van der Waals surface area contributed by atoms with Gasteiger partial charge in [-0.2, -0.15) is 5.10 Å². The standard InChI is InChI=1S/C15H20ClN3O/c1-2-15(13-3-5-14(16)6-4-13)17-9-12-10-18-19(11-12)7-8-20/h3-6,10-11,15,17,20H,2,7-9H2,1H3. The highest BCUT2D eigenvalue weighted by Gasteiger charge is 2.09. The number of hydrogen-bond donors (Lipinski definition) is 2. The molecule has 20 heavy (non-hydrogen) atoms. The van der Waals surface area contributed by atoms with Crippen molar-refractivity contribution < 1.29 is 5.11 Å². The van der Waals surface area contributed by atoms with E-state index in [0.29, 0.717) is 12.6 Å². The van der Waals surface area contributed by atoms with E-state index in [4.69, 9.17) is 16.7 Å². The van der Waals surface area contributed by atoms with Crippen LogP contribution < -0.4 is 5.32 Å². The Morgan fingerprint density at radius 1 is 1.35 bits per heavy atom. The van der Waals surface area contributed by atoms with Crippen molar-refractivity contribution >= 4 is 11.6 Å². The minimum absolute atomic E-state index is 0.108. The third kappa shape index (κ3) is 4.07. The number of hydrogen-bond acceptors (Lipinski definition) is 3. The molecular formula is C15H20ClN3O. The van der Waals surface area contributed by atoms with E-state index in [1.54, 1.807) is 4.68 Å². The van der Waals surface area contributed by atoms with Gasteiger partial charge in [0, 0.05) is 29.4 Å². The molecule has 0 saturated carbocycles. The van der Waals surface area contributed by atoms with Gasteiger partial charge in [0.2, 0.25) is 0 Å². The number of rotatable bonds is 7. The Balaban J connectivity index is 1.94. The summed E-state index contributed by atoms with van der Waals surface area (Å²) < 4.78 is 1.75. The summed E-state index contributed by atoms with van der Waals surface area (Å²) in [7, 11) is 0. The molecule has 0 saturated heterocycles. The summed E-state index contributed by atoms with van der Waals surface area (Å²) in [6, 6.07) is 8.24. The Bertz CT molecular complexity index is 524. The van der Waals surface area contributed by atoms with Gasteiger partial charge in [0.1, 0.15) is 0 Å². The Kier molecular flexibility index (Phi) is 5.59. The lowest BCUT2D eigenvalue weighted by atomic mass is 10.0. The quantitative estimate of drug-likeness (QED) is 0.825. The second kappa shape index (κ2) is 7.43. The molecule has 0 radical (unpaired) electrons.